The molecule has 0 amide bonds. The van der Waals surface area contributed by atoms with Crippen LogP contribution in [0, 0.1) is 12.7 Å². The minimum absolute atomic E-state index is 0.332. The molecule has 1 atom stereocenters. The van der Waals surface area contributed by atoms with Crippen LogP contribution in [-0.2, 0) is 25.4 Å². The van der Waals surface area contributed by atoms with Crippen LogP contribution in [0.1, 0.15) is 22.9 Å². The van der Waals surface area contributed by atoms with Crippen molar-refractivity contribution in [2.24, 2.45) is 14.1 Å². The van der Waals surface area contributed by atoms with Gasteiger partial charge < -0.3 is 9.30 Å². The number of fused-ring (bicyclic) bond motifs is 3. The molecule has 4 aromatic rings. The van der Waals surface area contributed by atoms with Crippen molar-refractivity contribution >= 4 is 10.9 Å². The first-order valence-corrected chi connectivity index (χ1v) is 10.1. The lowest BCUT2D eigenvalue weighted by atomic mass is 10.0. The Bertz CT molecular complexity index is 1440. The number of nitrogens with zero attached hydrogens (tertiary/aromatic N) is 3. The molecule has 6 nitrogen and oxygen atoms in total. The molecule has 0 radical (unpaired) electrons. The molecule has 3 heterocycles. The maximum absolute atomic E-state index is 13.5. The molecule has 0 saturated heterocycles. The van der Waals surface area contributed by atoms with E-state index in [0.29, 0.717) is 24.1 Å². The van der Waals surface area contributed by atoms with Crippen molar-refractivity contribution in [1.29, 1.82) is 0 Å². The third-order valence-corrected chi connectivity index (χ3v) is 6.02. The van der Waals surface area contributed by atoms with Gasteiger partial charge in [0.2, 0.25) is 0 Å². The molecule has 0 unspecified atom stereocenters. The van der Waals surface area contributed by atoms with Crippen LogP contribution in [-0.4, -0.2) is 20.3 Å². The molecule has 0 bridgehead atoms. The molecule has 0 saturated carbocycles. The van der Waals surface area contributed by atoms with Crippen molar-refractivity contribution in [3.8, 4) is 11.3 Å². The number of ether oxygens (including phenoxy) is 1. The summed E-state index contributed by atoms with van der Waals surface area (Å²) in [6, 6.07) is 14.1. The fourth-order valence-corrected chi connectivity index (χ4v) is 4.56. The highest BCUT2D eigenvalue weighted by molar-refractivity contribution is 5.96. The number of rotatable bonds is 2. The van der Waals surface area contributed by atoms with Crippen LogP contribution in [0.5, 0.6) is 0 Å². The fraction of sp³-hybridized carbons (Fsp3) is 0.250. The van der Waals surface area contributed by atoms with Gasteiger partial charge in [0.1, 0.15) is 11.9 Å². The zero-order valence-electron chi connectivity index (χ0n) is 17.6. The monoisotopic (exact) mass is 419 g/mol. The summed E-state index contributed by atoms with van der Waals surface area (Å²) in [7, 11) is 3.16. The minimum Gasteiger partial charge on any atom is -0.365 e. The third-order valence-electron chi connectivity index (χ3n) is 6.02. The van der Waals surface area contributed by atoms with E-state index in [1.807, 2.05) is 31.2 Å². The summed E-state index contributed by atoms with van der Waals surface area (Å²) in [5.41, 5.74) is 4.09. The molecular formula is C24H22FN3O3. The van der Waals surface area contributed by atoms with E-state index in [1.165, 1.54) is 23.7 Å². The second kappa shape index (κ2) is 7.06. The molecule has 0 aliphatic carbocycles. The van der Waals surface area contributed by atoms with Gasteiger partial charge in [-0.15, -0.1) is 0 Å². The molecule has 31 heavy (non-hydrogen) atoms. The van der Waals surface area contributed by atoms with Gasteiger partial charge in [-0.3, -0.25) is 13.9 Å². The SMILES string of the molecule is Cc1cccc(-c2c3c(=O)n(C)c(=O)n(C)c3c3n2CCO[C@H]3c2ccc(F)cc2)c1. The molecule has 5 rings (SSSR count). The van der Waals surface area contributed by atoms with Crippen LogP contribution < -0.4 is 11.2 Å². The Balaban J connectivity index is 1.94. The summed E-state index contributed by atoms with van der Waals surface area (Å²) in [6.07, 6.45) is -0.520. The van der Waals surface area contributed by atoms with Crippen LogP contribution in [0.15, 0.2) is 58.1 Å². The number of aryl methyl sites for hydroxylation is 2. The van der Waals surface area contributed by atoms with Crippen molar-refractivity contribution in [1.82, 2.24) is 13.7 Å². The summed E-state index contributed by atoms with van der Waals surface area (Å²) in [4.78, 5) is 26.1. The fourth-order valence-electron chi connectivity index (χ4n) is 4.56. The summed E-state index contributed by atoms with van der Waals surface area (Å²) in [5.74, 6) is -0.332. The van der Waals surface area contributed by atoms with E-state index in [1.54, 1.807) is 19.2 Å². The maximum atomic E-state index is 13.5. The standard InChI is InChI=1S/C24H22FN3O3/c1-14-5-4-6-16(13-14)19-18-20(26(2)24(30)27(3)23(18)29)21-22(31-12-11-28(19)21)15-7-9-17(25)10-8-15/h4-10,13,22H,11-12H2,1-3H3/t22-/m0/s1. The number of aromatic nitrogens is 3. The van der Waals surface area contributed by atoms with Gasteiger partial charge in [0.25, 0.3) is 5.56 Å². The van der Waals surface area contributed by atoms with Gasteiger partial charge in [0.15, 0.2) is 0 Å². The predicted molar refractivity (Wildman–Crippen MR) is 117 cm³/mol. The predicted octanol–water partition coefficient (Wildman–Crippen LogP) is 3.27. The van der Waals surface area contributed by atoms with Gasteiger partial charge in [0.05, 0.1) is 28.9 Å². The topological polar surface area (TPSA) is 58.2 Å². The molecule has 2 aromatic heterocycles. The van der Waals surface area contributed by atoms with E-state index >= 15 is 0 Å². The lowest BCUT2D eigenvalue weighted by molar-refractivity contribution is 0.0478. The zero-order chi connectivity index (χ0) is 21.9. The first kappa shape index (κ1) is 19.5. The lowest BCUT2D eigenvalue weighted by Gasteiger charge is -2.27. The summed E-state index contributed by atoms with van der Waals surface area (Å²) < 4.78 is 24.4. The van der Waals surface area contributed by atoms with E-state index < -0.39 is 11.8 Å². The van der Waals surface area contributed by atoms with Crippen LogP contribution in [0.3, 0.4) is 0 Å². The first-order valence-electron chi connectivity index (χ1n) is 10.1. The lowest BCUT2D eigenvalue weighted by Crippen LogP contribution is -2.37. The molecule has 158 valence electrons. The number of hydrogen-bond donors (Lipinski definition) is 0. The van der Waals surface area contributed by atoms with Crippen molar-refractivity contribution < 1.29 is 9.13 Å². The Labute approximate surface area is 177 Å². The molecular weight excluding hydrogens is 397 g/mol. The first-order chi connectivity index (χ1) is 14.9. The van der Waals surface area contributed by atoms with Gasteiger partial charge in [-0.1, -0.05) is 35.9 Å². The number of hydrogen-bond acceptors (Lipinski definition) is 3. The molecule has 1 aliphatic rings. The smallest absolute Gasteiger partial charge is 0.331 e. The molecule has 0 N–H and O–H groups in total. The average Bonchev–Trinajstić information content (AvgIpc) is 3.12. The average molecular weight is 419 g/mol. The second-order valence-electron chi connectivity index (χ2n) is 7.99. The van der Waals surface area contributed by atoms with Crippen LogP contribution in [0.2, 0.25) is 0 Å². The highest BCUT2D eigenvalue weighted by atomic mass is 19.1. The van der Waals surface area contributed by atoms with Gasteiger partial charge in [-0.2, -0.15) is 0 Å². The molecule has 0 fully saturated rings. The molecule has 0 spiro atoms. The summed E-state index contributed by atoms with van der Waals surface area (Å²) in [6.45, 7) is 2.98. The number of benzene rings is 2. The summed E-state index contributed by atoms with van der Waals surface area (Å²) in [5, 5.41) is 0.489. The zero-order valence-corrected chi connectivity index (χ0v) is 17.6. The van der Waals surface area contributed by atoms with Crippen molar-refractivity contribution in [3.63, 3.8) is 0 Å². The Morgan fingerprint density at radius 3 is 2.48 bits per heavy atom. The van der Waals surface area contributed by atoms with Crippen LogP contribution in [0.25, 0.3) is 22.2 Å². The molecule has 7 heteroatoms. The van der Waals surface area contributed by atoms with Crippen molar-refractivity contribution in [2.75, 3.05) is 6.61 Å². The van der Waals surface area contributed by atoms with E-state index in [2.05, 4.69) is 4.57 Å². The third kappa shape index (κ3) is 2.88. The van der Waals surface area contributed by atoms with E-state index in [-0.39, 0.29) is 11.4 Å². The van der Waals surface area contributed by atoms with Gasteiger partial charge >= 0.3 is 5.69 Å². The summed E-state index contributed by atoms with van der Waals surface area (Å²) >= 11 is 0. The minimum atomic E-state index is -0.520. The quantitative estimate of drug-likeness (QED) is 0.501. The van der Waals surface area contributed by atoms with Gasteiger partial charge in [-0.05, 0) is 36.2 Å². The molecule has 2 aromatic carbocycles. The Morgan fingerprint density at radius 1 is 1.03 bits per heavy atom. The van der Waals surface area contributed by atoms with E-state index in [0.717, 1.165) is 32.6 Å². The van der Waals surface area contributed by atoms with E-state index in [9.17, 15) is 14.0 Å². The van der Waals surface area contributed by atoms with Crippen LogP contribution >= 0.6 is 0 Å². The van der Waals surface area contributed by atoms with Crippen molar-refractivity contribution in [3.05, 3.63) is 92.0 Å². The molecule has 1 aliphatic heterocycles. The highest BCUT2D eigenvalue weighted by Crippen LogP contribution is 2.40. The Hall–Kier alpha value is -3.45. The van der Waals surface area contributed by atoms with Gasteiger partial charge in [-0.25, -0.2) is 9.18 Å². The van der Waals surface area contributed by atoms with Crippen LogP contribution in [0.4, 0.5) is 4.39 Å². The van der Waals surface area contributed by atoms with Gasteiger partial charge in [0, 0.05) is 20.6 Å². The number of halogens is 1. The normalized spacial score (nSPS) is 15.9. The Kier molecular flexibility index (Phi) is 4.44. The Morgan fingerprint density at radius 2 is 1.77 bits per heavy atom. The highest BCUT2D eigenvalue weighted by Gasteiger charge is 2.33. The largest absolute Gasteiger partial charge is 0.365 e. The van der Waals surface area contributed by atoms with E-state index in [4.69, 9.17) is 4.74 Å². The van der Waals surface area contributed by atoms with Crippen molar-refractivity contribution in [2.45, 2.75) is 19.6 Å². The second-order valence-corrected chi connectivity index (χ2v) is 7.99. The maximum Gasteiger partial charge on any atom is 0.331 e.